The van der Waals surface area contributed by atoms with Crippen molar-refractivity contribution in [2.45, 2.75) is 0 Å². The SMILES string of the molecule is C=CC(=C)c1cccc(-c2ccccc2)c1B1c2ccccc2N(c2cccc3c2sc2ccccc23)c2ccccc21. The predicted molar refractivity (Wildman–Crippen MR) is 190 cm³/mol. The fourth-order valence-corrected chi connectivity index (χ4v) is 7.99. The average molecular weight is 566 g/mol. The highest BCUT2D eigenvalue weighted by atomic mass is 32.1. The molecule has 0 spiro atoms. The highest BCUT2D eigenvalue weighted by Crippen LogP contribution is 2.45. The van der Waals surface area contributed by atoms with E-state index in [9.17, 15) is 0 Å². The second-order valence-electron chi connectivity index (χ2n) is 11.0. The van der Waals surface area contributed by atoms with Crippen LogP contribution in [0.15, 0.2) is 159 Å². The molecule has 0 amide bonds. The van der Waals surface area contributed by atoms with Gasteiger partial charge in [-0.25, -0.2) is 0 Å². The van der Waals surface area contributed by atoms with Crippen molar-refractivity contribution in [3.8, 4) is 11.1 Å². The lowest BCUT2D eigenvalue weighted by Crippen LogP contribution is -2.58. The van der Waals surface area contributed by atoms with Crippen molar-refractivity contribution in [2.24, 2.45) is 0 Å². The van der Waals surface area contributed by atoms with E-state index in [4.69, 9.17) is 0 Å². The minimum atomic E-state index is 0.00775. The van der Waals surface area contributed by atoms with Gasteiger partial charge in [0, 0.05) is 26.8 Å². The van der Waals surface area contributed by atoms with E-state index in [-0.39, 0.29) is 6.71 Å². The molecule has 0 bridgehead atoms. The summed E-state index contributed by atoms with van der Waals surface area (Å²) in [6.07, 6.45) is 1.88. The Morgan fingerprint density at radius 3 is 1.95 bits per heavy atom. The quantitative estimate of drug-likeness (QED) is 0.149. The fraction of sp³-hybridized carbons (Fsp3) is 0. The molecule has 0 fully saturated rings. The Bertz CT molecular complexity index is 2140. The van der Waals surface area contributed by atoms with E-state index >= 15 is 0 Å². The fourth-order valence-electron chi connectivity index (χ4n) is 6.78. The van der Waals surface area contributed by atoms with Gasteiger partial charge in [0.15, 0.2) is 0 Å². The smallest absolute Gasteiger partial charge is 0.248 e. The van der Waals surface area contributed by atoms with Gasteiger partial charge < -0.3 is 4.90 Å². The van der Waals surface area contributed by atoms with Crippen molar-refractivity contribution in [1.82, 2.24) is 0 Å². The van der Waals surface area contributed by atoms with E-state index in [1.165, 1.54) is 64.7 Å². The molecule has 0 saturated carbocycles. The van der Waals surface area contributed by atoms with Gasteiger partial charge in [-0.1, -0.05) is 140 Å². The molecule has 1 nitrogen and oxygen atoms in total. The van der Waals surface area contributed by atoms with Crippen molar-refractivity contribution in [2.75, 3.05) is 4.90 Å². The zero-order valence-corrected chi connectivity index (χ0v) is 24.5. The molecule has 0 atom stereocenters. The predicted octanol–water partition coefficient (Wildman–Crippen LogP) is 9.22. The number of allylic oxidation sites excluding steroid dienone is 2. The number of thiophene rings is 1. The van der Waals surface area contributed by atoms with Gasteiger partial charge >= 0.3 is 0 Å². The number of nitrogens with zero attached hydrogens (tertiary/aromatic N) is 1. The molecular formula is C40H28BNS. The van der Waals surface area contributed by atoms with Gasteiger partial charge in [0.05, 0.1) is 10.4 Å². The minimum absolute atomic E-state index is 0.00775. The number of fused-ring (bicyclic) bond motifs is 5. The molecule has 1 aromatic heterocycles. The third-order valence-corrected chi connectivity index (χ3v) is 9.88. The number of hydrogen-bond donors (Lipinski definition) is 0. The number of anilines is 3. The minimum Gasteiger partial charge on any atom is -0.310 e. The molecule has 1 aliphatic heterocycles. The van der Waals surface area contributed by atoms with E-state index in [1.54, 1.807) is 0 Å². The van der Waals surface area contributed by atoms with Crippen LogP contribution in [-0.2, 0) is 0 Å². The van der Waals surface area contributed by atoms with E-state index in [1.807, 2.05) is 17.4 Å². The summed E-state index contributed by atoms with van der Waals surface area (Å²) in [5, 5.41) is 2.61. The molecule has 0 radical (unpaired) electrons. The first kappa shape index (κ1) is 25.6. The Labute approximate surface area is 256 Å². The second-order valence-corrected chi connectivity index (χ2v) is 12.1. The number of hydrogen-bond acceptors (Lipinski definition) is 2. The monoisotopic (exact) mass is 565 g/mol. The Kier molecular flexibility index (Phi) is 6.13. The number of benzene rings is 6. The van der Waals surface area contributed by atoms with Gasteiger partial charge in [0.1, 0.15) is 0 Å². The van der Waals surface area contributed by atoms with Gasteiger partial charge in [-0.05, 0) is 57.5 Å². The first-order chi connectivity index (χ1) is 21.2. The molecule has 7 aromatic rings. The summed E-state index contributed by atoms with van der Waals surface area (Å²) in [5.74, 6) is 0. The van der Waals surface area contributed by atoms with Gasteiger partial charge in [-0.15, -0.1) is 11.3 Å². The van der Waals surface area contributed by atoms with Crippen LogP contribution in [-0.4, -0.2) is 6.71 Å². The van der Waals surface area contributed by atoms with Gasteiger partial charge in [0.2, 0.25) is 6.71 Å². The maximum absolute atomic E-state index is 4.44. The Hall–Kier alpha value is -5.12. The van der Waals surface area contributed by atoms with Crippen LogP contribution in [0.3, 0.4) is 0 Å². The standard InChI is InChI=1S/C40H28BNS/c1-3-27(2)29-18-13-19-30(28-15-5-4-6-16-28)39(29)41-33-21-8-10-23-35(33)42(36-24-11-9-22-34(36)41)37-25-14-20-32-31-17-7-12-26-38(31)43-40(32)37/h3-26H,1-2H2. The molecule has 1 aliphatic rings. The maximum atomic E-state index is 4.44. The average Bonchev–Trinajstić information content (AvgIpc) is 3.46. The zero-order valence-electron chi connectivity index (χ0n) is 23.7. The first-order valence-corrected chi connectivity index (χ1v) is 15.4. The number of para-hydroxylation sites is 2. The zero-order chi connectivity index (χ0) is 28.9. The lowest BCUT2D eigenvalue weighted by molar-refractivity contribution is 1.31. The molecule has 0 N–H and O–H groups in total. The summed E-state index contributed by atoms with van der Waals surface area (Å²) in [6, 6.07) is 50.6. The summed E-state index contributed by atoms with van der Waals surface area (Å²) < 4.78 is 2.61. The maximum Gasteiger partial charge on any atom is 0.248 e. The molecule has 0 unspecified atom stereocenters. The van der Waals surface area contributed by atoms with Crippen LogP contribution in [0.4, 0.5) is 17.1 Å². The Morgan fingerprint density at radius 2 is 1.21 bits per heavy atom. The lowest BCUT2D eigenvalue weighted by Gasteiger charge is -2.38. The van der Waals surface area contributed by atoms with Crippen LogP contribution in [0.5, 0.6) is 0 Å². The summed E-state index contributed by atoms with van der Waals surface area (Å²) in [4.78, 5) is 2.48. The molecule has 6 aromatic carbocycles. The molecule has 3 heteroatoms. The molecule has 202 valence electrons. The van der Waals surface area contributed by atoms with E-state index in [0.717, 1.165) is 11.1 Å². The van der Waals surface area contributed by atoms with Crippen LogP contribution in [0, 0.1) is 0 Å². The van der Waals surface area contributed by atoms with Crippen molar-refractivity contribution in [3.05, 3.63) is 164 Å². The summed E-state index contributed by atoms with van der Waals surface area (Å²) in [6.45, 7) is 8.55. The second kappa shape index (κ2) is 10.3. The van der Waals surface area contributed by atoms with Gasteiger partial charge in [0.25, 0.3) is 0 Å². The van der Waals surface area contributed by atoms with Crippen LogP contribution in [0.2, 0.25) is 0 Å². The number of rotatable bonds is 5. The van der Waals surface area contributed by atoms with Crippen molar-refractivity contribution in [1.29, 1.82) is 0 Å². The lowest BCUT2D eigenvalue weighted by atomic mass is 9.33. The highest BCUT2D eigenvalue weighted by molar-refractivity contribution is 7.26. The third kappa shape index (κ3) is 4.00. The molecule has 8 rings (SSSR count). The Morgan fingerprint density at radius 1 is 0.605 bits per heavy atom. The van der Waals surface area contributed by atoms with Crippen LogP contribution in [0.25, 0.3) is 36.9 Å². The van der Waals surface area contributed by atoms with Crippen LogP contribution >= 0.6 is 11.3 Å². The topological polar surface area (TPSA) is 3.24 Å². The molecule has 43 heavy (non-hydrogen) atoms. The highest BCUT2D eigenvalue weighted by Gasteiger charge is 2.38. The van der Waals surface area contributed by atoms with E-state index in [0.29, 0.717) is 0 Å². The molecular weight excluding hydrogens is 537 g/mol. The molecule has 0 saturated heterocycles. The van der Waals surface area contributed by atoms with Crippen molar-refractivity contribution < 1.29 is 0 Å². The van der Waals surface area contributed by atoms with Crippen molar-refractivity contribution >= 4 is 77.2 Å². The summed E-state index contributed by atoms with van der Waals surface area (Å²) in [5.41, 5.74) is 11.9. The normalized spacial score (nSPS) is 12.3. The van der Waals surface area contributed by atoms with Crippen molar-refractivity contribution in [3.63, 3.8) is 0 Å². The third-order valence-electron chi connectivity index (χ3n) is 8.67. The van der Waals surface area contributed by atoms with Crippen LogP contribution < -0.4 is 21.3 Å². The van der Waals surface area contributed by atoms with E-state index < -0.39 is 0 Å². The van der Waals surface area contributed by atoms with Gasteiger partial charge in [-0.3, -0.25) is 0 Å². The first-order valence-electron chi connectivity index (χ1n) is 14.6. The van der Waals surface area contributed by atoms with Gasteiger partial charge in [-0.2, -0.15) is 0 Å². The molecule has 2 heterocycles. The summed E-state index contributed by atoms with van der Waals surface area (Å²) >= 11 is 1.87. The Balaban J connectivity index is 1.44. The summed E-state index contributed by atoms with van der Waals surface area (Å²) in [7, 11) is 0. The largest absolute Gasteiger partial charge is 0.310 e. The molecule has 0 aliphatic carbocycles. The van der Waals surface area contributed by atoms with E-state index in [2.05, 4.69) is 158 Å². The van der Waals surface area contributed by atoms with Crippen LogP contribution in [0.1, 0.15) is 5.56 Å².